The molecule has 0 saturated heterocycles. The highest BCUT2D eigenvalue weighted by atomic mass is 16.5. The van der Waals surface area contributed by atoms with Crippen molar-refractivity contribution in [1.29, 1.82) is 0 Å². The van der Waals surface area contributed by atoms with Crippen LogP contribution >= 0.6 is 0 Å². The third-order valence-corrected chi connectivity index (χ3v) is 2.76. The molecule has 19 heavy (non-hydrogen) atoms. The highest BCUT2D eigenvalue weighted by Gasteiger charge is 2.17. The van der Waals surface area contributed by atoms with E-state index in [1.54, 1.807) is 0 Å². The summed E-state index contributed by atoms with van der Waals surface area (Å²) in [6.45, 7) is 1.95. The Hall–Kier alpha value is -2.56. The van der Waals surface area contributed by atoms with Crippen LogP contribution in [0.5, 0.6) is 5.75 Å². The average Bonchev–Trinajstić information content (AvgIpc) is 2.38. The van der Waals surface area contributed by atoms with Gasteiger partial charge in [0.15, 0.2) is 5.56 Å². The molecular formula is C14H13NO4. The highest BCUT2D eigenvalue weighted by Crippen LogP contribution is 2.22. The molecule has 1 heterocycles. The van der Waals surface area contributed by atoms with E-state index < -0.39 is 22.8 Å². The summed E-state index contributed by atoms with van der Waals surface area (Å²) in [5.74, 6) is -1.26. The van der Waals surface area contributed by atoms with Gasteiger partial charge in [0.1, 0.15) is 5.75 Å². The summed E-state index contributed by atoms with van der Waals surface area (Å²) in [6, 6.07) is 8.74. The molecule has 0 fully saturated rings. The molecule has 0 aliphatic rings. The number of nitrogens with one attached hydrogen (secondary N) is 1. The topological polar surface area (TPSA) is 79.4 Å². The first-order chi connectivity index (χ1) is 9.02. The van der Waals surface area contributed by atoms with Gasteiger partial charge in [0.25, 0.3) is 5.56 Å². The number of pyridine rings is 1. The van der Waals surface area contributed by atoms with Crippen molar-refractivity contribution in [2.75, 3.05) is 7.11 Å². The number of rotatable bonds is 2. The second-order valence-corrected chi connectivity index (χ2v) is 4.13. The molecule has 0 aliphatic heterocycles. The van der Waals surface area contributed by atoms with Crippen LogP contribution in [-0.4, -0.2) is 23.2 Å². The molecule has 0 bridgehead atoms. The summed E-state index contributed by atoms with van der Waals surface area (Å²) in [6.07, 6.45) is 0. The number of carbonyl (C=O) groups is 1. The van der Waals surface area contributed by atoms with Crippen LogP contribution in [0.1, 0.15) is 15.9 Å². The predicted molar refractivity (Wildman–Crippen MR) is 70.2 cm³/mol. The molecule has 0 spiro atoms. The van der Waals surface area contributed by atoms with E-state index in [0.29, 0.717) is 5.69 Å². The maximum atomic E-state index is 11.8. The first kappa shape index (κ1) is 12.9. The van der Waals surface area contributed by atoms with Gasteiger partial charge in [-0.2, -0.15) is 0 Å². The van der Waals surface area contributed by atoms with E-state index in [-0.39, 0.29) is 0 Å². The summed E-state index contributed by atoms with van der Waals surface area (Å²) in [5.41, 5.74) is 1.20. The molecule has 2 rings (SSSR count). The Kier molecular flexibility index (Phi) is 3.37. The standard InChI is InChI=1S/C14H13NO4/c1-8-3-5-9(6-4-8)10-7-11(16)12(13(17)15-10)14(18)19-2/h3-7H,1-2H3,(H2,15,16,17). The molecule has 0 aliphatic carbocycles. The summed E-state index contributed by atoms with van der Waals surface area (Å²) in [7, 11) is 1.15. The van der Waals surface area contributed by atoms with E-state index in [0.717, 1.165) is 18.2 Å². The third-order valence-electron chi connectivity index (χ3n) is 2.76. The Labute approximate surface area is 109 Å². The Morgan fingerprint density at radius 2 is 1.89 bits per heavy atom. The van der Waals surface area contributed by atoms with Gasteiger partial charge in [-0.25, -0.2) is 4.79 Å². The zero-order valence-corrected chi connectivity index (χ0v) is 10.6. The number of esters is 1. The van der Waals surface area contributed by atoms with Gasteiger partial charge in [-0.3, -0.25) is 4.79 Å². The first-order valence-corrected chi connectivity index (χ1v) is 5.64. The highest BCUT2D eigenvalue weighted by molar-refractivity contribution is 5.92. The minimum atomic E-state index is -0.866. The molecule has 2 aromatic rings. The van der Waals surface area contributed by atoms with Gasteiger partial charge in [0.2, 0.25) is 0 Å². The summed E-state index contributed by atoms with van der Waals surface area (Å²) in [4.78, 5) is 25.7. The van der Waals surface area contributed by atoms with Gasteiger partial charge >= 0.3 is 5.97 Å². The number of aryl methyl sites for hydroxylation is 1. The van der Waals surface area contributed by atoms with Crippen molar-refractivity contribution in [2.24, 2.45) is 0 Å². The van der Waals surface area contributed by atoms with Crippen LogP contribution < -0.4 is 5.56 Å². The number of aromatic hydroxyl groups is 1. The minimum Gasteiger partial charge on any atom is -0.507 e. The smallest absolute Gasteiger partial charge is 0.347 e. The molecule has 0 radical (unpaired) electrons. The van der Waals surface area contributed by atoms with E-state index in [1.165, 1.54) is 6.07 Å². The number of H-pyrrole nitrogens is 1. The zero-order chi connectivity index (χ0) is 14.0. The lowest BCUT2D eigenvalue weighted by Gasteiger charge is -2.06. The Bertz CT molecular complexity index is 671. The van der Waals surface area contributed by atoms with Gasteiger partial charge in [0, 0.05) is 6.07 Å². The quantitative estimate of drug-likeness (QED) is 0.806. The zero-order valence-electron chi connectivity index (χ0n) is 10.6. The van der Waals surface area contributed by atoms with E-state index in [2.05, 4.69) is 9.72 Å². The van der Waals surface area contributed by atoms with Crippen molar-refractivity contribution in [3.05, 3.63) is 51.8 Å². The van der Waals surface area contributed by atoms with Crippen molar-refractivity contribution in [2.45, 2.75) is 6.92 Å². The number of carbonyl (C=O) groups excluding carboxylic acids is 1. The molecular weight excluding hydrogens is 246 g/mol. The van der Waals surface area contributed by atoms with Crippen LogP contribution in [0.15, 0.2) is 35.1 Å². The van der Waals surface area contributed by atoms with Gasteiger partial charge in [0.05, 0.1) is 12.8 Å². The molecule has 98 valence electrons. The van der Waals surface area contributed by atoms with Gasteiger partial charge in [-0.05, 0) is 12.5 Å². The normalized spacial score (nSPS) is 10.2. The second kappa shape index (κ2) is 4.97. The number of hydrogen-bond acceptors (Lipinski definition) is 4. The second-order valence-electron chi connectivity index (χ2n) is 4.13. The van der Waals surface area contributed by atoms with Crippen LogP contribution in [0.25, 0.3) is 11.3 Å². The molecule has 1 aromatic heterocycles. The lowest BCUT2D eigenvalue weighted by atomic mass is 10.1. The van der Waals surface area contributed by atoms with E-state index >= 15 is 0 Å². The van der Waals surface area contributed by atoms with Gasteiger partial charge in [-0.15, -0.1) is 0 Å². The fourth-order valence-electron chi connectivity index (χ4n) is 1.73. The molecule has 0 amide bonds. The molecule has 0 unspecified atom stereocenters. The van der Waals surface area contributed by atoms with Crippen molar-refractivity contribution in [3.63, 3.8) is 0 Å². The molecule has 0 saturated carbocycles. The van der Waals surface area contributed by atoms with Crippen molar-refractivity contribution < 1.29 is 14.6 Å². The number of aromatic amines is 1. The third kappa shape index (κ3) is 2.49. The number of aromatic nitrogens is 1. The molecule has 5 heteroatoms. The van der Waals surface area contributed by atoms with Gasteiger partial charge < -0.3 is 14.8 Å². The SMILES string of the molecule is COC(=O)c1c(O)cc(-c2ccc(C)cc2)[nH]c1=O. The van der Waals surface area contributed by atoms with Crippen LogP contribution in [0.4, 0.5) is 0 Å². The fourth-order valence-corrected chi connectivity index (χ4v) is 1.73. The monoisotopic (exact) mass is 259 g/mol. The summed E-state index contributed by atoms with van der Waals surface area (Å²) < 4.78 is 4.44. The van der Waals surface area contributed by atoms with Crippen LogP contribution in [0.2, 0.25) is 0 Å². The first-order valence-electron chi connectivity index (χ1n) is 5.64. The average molecular weight is 259 g/mol. The maximum absolute atomic E-state index is 11.8. The fraction of sp³-hybridized carbons (Fsp3) is 0.143. The van der Waals surface area contributed by atoms with E-state index in [4.69, 9.17) is 0 Å². The van der Waals surface area contributed by atoms with Crippen molar-refractivity contribution >= 4 is 5.97 Å². The van der Waals surface area contributed by atoms with Crippen molar-refractivity contribution in [3.8, 4) is 17.0 Å². The Morgan fingerprint density at radius 1 is 1.26 bits per heavy atom. The number of ether oxygens (including phenoxy) is 1. The number of hydrogen-bond donors (Lipinski definition) is 2. The predicted octanol–water partition coefficient (Wildman–Crippen LogP) is 1.84. The molecule has 2 N–H and O–H groups in total. The van der Waals surface area contributed by atoms with Crippen LogP contribution in [0, 0.1) is 6.92 Å². The summed E-state index contributed by atoms with van der Waals surface area (Å²) >= 11 is 0. The van der Waals surface area contributed by atoms with E-state index in [1.807, 2.05) is 31.2 Å². The van der Waals surface area contributed by atoms with Crippen molar-refractivity contribution in [1.82, 2.24) is 4.98 Å². The number of benzene rings is 1. The Morgan fingerprint density at radius 3 is 2.42 bits per heavy atom. The van der Waals surface area contributed by atoms with E-state index in [9.17, 15) is 14.7 Å². The van der Waals surface area contributed by atoms with Crippen LogP contribution in [0.3, 0.4) is 0 Å². The minimum absolute atomic E-state index is 0.390. The molecule has 0 atom stereocenters. The lowest BCUT2D eigenvalue weighted by molar-refractivity contribution is 0.0595. The Balaban J connectivity index is 2.54. The van der Waals surface area contributed by atoms with Crippen LogP contribution in [-0.2, 0) is 4.74 Å². The number of methoxy groups -OCH3 is 1. The lowest BCUT2D eigenvalue weighted by Crippen LogP contribution is -2.19. The van der Waals surface area contributed by atoms with Gasteiger partial charge in [-0.1, -0.05) is 29.8 Å². The maximum Gasteiger partial charge on any atom is 0.347 e. The molecule has 1 aromatic carbocycles. The summed E-state index contributed by atoms with van der Waals surface area (Å²) in [5, 5.41) is 9.77. The largest absolute Gasteiger partial charge is 0.507 e. The molecule has 5 nitrogen and oxygen atoms in total.